The van der Waals surface area contributed by atoms with E-state index in [0.717, 1.165) is 28.1 Å². The summed E-state index contributed by atoms with van der Waals surface area (Å²) in [6.45, 7) is 7.06. The number of aryl methyl sites for hydroxylation is 2. The van der Waals surface area contributed by atoms with Gasteiger partial charge in [0, 0.05) is 27.4 Å². The maximum absolute atomic E-state index is 14.2. The third kappa shape index (κ3) is 4.11. The van der Waals surface area contributed by atoms with E-state index in [-0.39, 0.29) is 11.9 Å². The van der Waals surface area contributed by atoms with E-state index < -0.39 is 0 Å². The second-order valence-corrected chi connectivity index (χ2v) is 7.24. The van der Waals surface area contributed by atoms with Crippen LogP contribution in [0.1, 0.15) is 40.5 Å². The number of benzene rings is 1. The molecule has 1 atom stereocenters. The fourth-order valence-electron chi connectivity index (χ4n) is 2.24. The Morgan fingerprint density at radius 2 is 2.14 bits per heavy atom. The minimum absolute atomic E-state index is 0.0644. The molecule has 114 valence electrons. The second kappa shape index (κ2) is 7.47. The highest BCUT2D eigenvalue weighted by molar-refractivity contribution is 9.10. The minimum atomic E-state index is -0.178. The lowest BCUT2D eigenvalue weighted by Gasteiger charge is -2.20. The van der Waals surface area contributed by atoms with Crippen LogP contribution in [0, 0.1) is 19.7 Å². The van der Waals surface area contributed by atoms with Gasteiger partial charge in [-0.05, 0) is 38.9 Å². The van der Waals surface area contributed by atoms with Crippen molar-refractivity contribution in [3.8, 4) is 0 Å². The third-order valence-corrected chi connectivity index (χ3v) is 5.23. The number of nitrogens with zero attached hydrogens (tertiary/aromatic N) is 1. The average molecular weight is 371 g/mol. The molecule has 0 saturated carbocycles. The molecule has 1 aromatic carbocycles. The lowest BCUT2D eigenvalue weighted by Crippen LogP contribution is -2.25. The quantitative estimate of drug-likeness (QED) is 0.778. The van der Waals surface area contributed by atoms with Gasteiger partial charge in [0.25, 0.3) is 0 Å². The Morgan fingerprint density at radius 1 is 1.38 bits per heavy atom. The van der Waals surface area contributed by atoms with Crippen LogP contribution in [0.15, 0.2) is 22.7 Å². The first-order valence-electron chi connectivity index (χ1n) is 7.13. The van der Waals surface area contributed by atoms with Crippen molar-refractivity contribution < 1.29 is 4.39 Å². The molecule has 2 rings (SSSR count). The fraction of sp³-hybridized carbons (Fsp3) is 0.438. The Morgan fingerprint density at radius 3 is 2.71 bits per heavy atom. The Bertz CT molecular complexity index is 573. The normalized spacial score (nSPS) is 12.6. The second-order valence-electron chi connectivity index (χ2n) is 5.10. The Balaban J connectivity index is 2.29. The molecule has 0 amide bonds. The lowest BCUT2D eigenvalue weighted by atomic mass is 10.0. The van der Waals surface area contributed by atoms with E-state index in [4.69, 9.17) is 0 Å². The standard InChI is InChI=1S/C16H20BrFN2S/c1-4-8-19-14(9-15-20-10(2)11(3)21-15)16-12(17)6-5-7-13(16)18/h5-7,14,19H,4,8-9H2,1-3H3. The van der Waals surface area contributed by atoms with Crippen molar-refractivity contribution in [2.45, 2.75) is 39.7 Å². The van der Waals surface area contributed by atoms with Crippen molar-refractivity contribution in [2.75, 3.05) is 6.54 Å². The third-order valence-electron chi connectivity index (χ3n) is 3.44. The summed E-state index contributed by atoms with van der Waals surface area (Å²) in [5, 5.41) is 4.49. The molecule has 21 heavy (non-hydrogen) atoms. The van der Waals surface area contributed by atoms with Gasteiger partial charge in [0.15, 0.2) is 0 Å². The average Bonchev–Trinajstić information content (AvgIpc) is 2.74. The summed E-state index contributed by atoms with van der Waals surface area (Å²) < 4.78 is 15.0. The Kier molecular flexibility index (Phi) is 5.90. The van der Waals surface area contributed by atoms with Crippen molar-refractivity contribution >= 4 is 27.3 Å². The molecule has 0 fully saturated rings. The largest absolute Gasteiger partial charge is 0.309 e. The van der Waals surface area contributed by atoms with Crippen LogP contribution in [0.3, 0.4) is 0 Å². The van der Waals surface area contributed by atoms with E-state index >= 15 is 0 Å². The monoisotopic (exact) mass is 370 g/mol. The highest BCUT2D eigenvalue weighted by Gasteiger charge is 2.20. The predicted octanol–water partition coefficient (Wildman–Crippen LogP) is 4.94. The molecule has 1 heterocycles. The van der Waals surface area contributed by atoms with Crippen LogP contribution in [-0.2, 0) is 6.42 Å². The molecule has 2 nitrogen and oxygen atoms in total. The maximum Gasteiger partial charge on any atom is 0.129 e. The van der Waals surface area contributed by atoms with Crippen molar-refractivity contribution in [1.29, 1.82) is 0 Å². The molecule has 0 aliphatic heterocycles. The first-order chi connectivity index (χ1) is 10.0. The first kappa shape index (κ1) is 16.6. The SMILES string of the molecule is CCCNC(Cc1nc(C)c(C)s1)c1c(F)cccc1Br. The Hall–Kier alpha value is -0.780. The summed E-state index contributed by atoms with van der Waals surface area (Å²) in [6, 6.07) is 5.05. The van der Waals surface area contributed by atoms with E-state index in [1.807, 2.05) is 13.0 Å². The highest BCUT2D eigenvalue weighted by Crippen LogP contribution is 2.30. The summed E-state index contributed by atoms with van der Waals surface area (Å²) in [5.74, 6) is -0.178. The topological polar surface area (TPSA) is 24.9 Å². The molecule has 1 unspecified atom stereocenters. The van der Waals surface area contributed by atoms with E-state index in [1.54, 1.807) is 17.4 Å². The molecule has 0 aliphatic rings. The van der Waals surface area contributed by atoms with Gasteiger partial charge in [0.1, 0.15) is 5.82 Å². The van der Waals surface area contributed by atoms with Gasteiger partial charge >= 0.3 is 0 Å². The smallest absolute Gasteiger partial charge is 0.129 e. The van der Waals surface area contributed by atoms with Gasteiger partial charge in [0.2, 0.25) is 0 Å². The lowest BCUT2D eigenvalue weighted by molar-refractivity contribution is 0.494. The van der Waals surface area contributed by atoms with Gasteiger partial charge in [-0.25, -0.2) is 9.37 Å². The maximum atomic E-state index is 14.2. The van der Waals surface area contributed by atoms with Gasteiger partial charge < -0.3 is 5.32 Å². The van der Waals surface area contributed by atoms with E-state index in [1.165, 1.54) is 10.9 Å². The molecule has 5 heteroatoms. The van der Waals surface area contributed by atoms with Gasteiger partial charge in [-0.2, -0.15) is 0 Å². The zero-order valence-corrected chi connectivity index (χ0v) is 14.9. The van der Waals surface area contributed by atoms with Crippen LogP contribution >= 0.6 is 27.3 Å². The van der Waals surface area contributed by atoms with Gasteiger partial charge in [0.05, 0.1) is 10.7 Å². The number of rotatable bonds is 6. The van der Waals surface area contributed by atoms with Crippen molar-refractivity contribution in [3.63, 3.8) is 0 Å². The number of aromatic nitrogens is 1. The van der Waals surface area contributed by atoms with Crippen LogP contribution in [-0.4, -0.2) is 11.5 Å². The number of nitrogens with one attached hydrogen (secondary N) is 1. The van der Waals surface area contributed by atoms with Crippen molar-refractivity contribution in [1.82, 2.24) is 10.3 Å². The van der Waals surface area contributed by atoms with Crippen LogP contribution in [0.5, 0.6) is 0 Å². The molecular formula is C16H20BrFN2S. The molecule has 0 bridgehead atoms. The van der Waals surface area contributed by atoms with Gasteiger partial charge in [-0.15, -0.1) is 11.3 Å². The van der Waals surface area contributed by atoms with Crippen molar-refractivity contribution in [2.24, 2.45) is 0 Å². The van der Waals surface area contributed by atoms with Crippen LogP contribution in [0.25, 0.3) is 0 Å². The summed E-state index contributed by atoms with van der Waals surface area (Å²) >= 11 is 5.17. The van der Waals surface area contributed by atoms with Crippen LogP contribution in [0.2, 0.25) is 0 Å². The first-order valence-corrected chi connectivity index (χ1v) is 8.74. The van der Waals surface area contributed by atoms with Crippen LogP contribution < -0.4 is 5.32 Å². The zero-order chi connectivity index (χ0) is 15.4. The van der Waals surface area contributed by atoms with Crippen molar-refractivity contribution in [3.05, 3.63) is 49.6 Å². The Labute approximate surface area is 137 Å². The molecule has 0 spiro atoms. The molecule has 1 N–H and O–H groups in total. The number of halogens is 2. The summed E-state index contributed by atoms with van der Waals surface area (Å²) in [6.07, 6.45) is 1.72. The number of hydrogen-bond donors (Lipinski definition) is 1. The molecule has 2 aromatic rings. The molecule has 0 radical (unpaired) electrons. The predicted molar refractivity (Wildman–Crippen MR) is 90.4 cm³/mol. The summed E-state index contributed by atoms with van der Waals surface area (Å²) in [7, 11) is 0. The molecular weight excluding hydrogens is 351 g/mol. The molecule has 1 aromatic heterocycles. The number of thiazole rings is 1. The molecule has 0 saturated heterocycles. The van der Waals surface area contributed by atoms with E-state index in [0.29, 0.717) is 12.0 Å². The molecule has 0 aliphatic carbocycles. The van der Waals surface area contributed by atoms with Gasteiger partial charge in [-0.3, -0.25) is 0 Å². The number of hydrogen-bond acceptors (Lipinski definition) is 3. The highest BCUT2D eigenvalue weighted by atomic mass is 79.9. The summed E-state index contributed by atoms with van der Waals surface area (Å²) in [4.78, 5) is 5.81. The van der Waals surface area contributed by atoms with Gasteiger partial charge in [-0.1, -0.05) is 28.9 Å². The minimum Gasteiger partial charge on any atom is -0.309 e. The zero-order valence-electron chi connectivity index (χ0n) is 12.5. The van der Waals surface area contributed by atoms with Crippen LogP contribution in [0.4, 0.5) is 4.39 Å². The fourth-order valence-corrected chi connectivity index (χ4v) is 3.84. The van der Waals surface area contributed by atoms with E-state index in [2.05, 4.69) is 40.1 Å². The van der Waals surface area contributed by atoms with E-state index in [9.17, 15) is 4.39 Å². The summed E-state index contributed by atoms with van der Waals surface area (Å²) in [5.41, 5.74) is 1.76.